The highest BCUT2D eigenvalue weighted by molar-refractivity contribution is 5.92. The Morgan fingerprint density at radius 2 is 1.77 bits per heavy atom. The third-order valence-corrected chi connectivity index (χ3v) is 3.58. The first-order valence-corrected chi connectivity index (χ1v) is 7.21. The molecule has 0 aliphatic heterocycles. The lowest BCUT2D eigenvalue weighted by atomic mass is 9.94. The molecule has 2 aromatic rings. The molecular weight excluding hydrogens is 281 g/mol. The van der Waals surface area contributed by atoms with Crippen LogP contribution in [0.4, 0.5) is 4.39 Å². The smallest absolute Gasteiger partial charge is 0.274 e. The summed E-state index contributed by atoms with van der Waals surface area (Å²) >= 11 is 0. The Morgan fingerprint density at radius 1 is 1.14 bits per heavy atom. The predicted octanol–water partition coefficient (Wildman–Crippen LogP) is 3.39. The second-order valence-electron chi connectivity index (χ2n) is 5.70. The van der Waals surface area contributed by atoms with Crippen molar-refractivity contribution in [2.75, 3.05) is 7.05 Å². The van der Waals surface area contributed by atoms with Gasteiger partial charge in [0.2, 0.25) is 0 Å². The molecule has 5 heteroatoms. The molecule has 0 radical (unpaired) electrons. The van der Waals surface area contributed by atoms with E-state index in [0.717, 1.165) is 11.3 Å². The Morgan fingerprint density at radius 3 is 2.27 bits per heavy atom. The zero-order valence-corrected chi connectivity index (χ0v) is 13.2. The van der Waals surface area contributed by atoms with Gasteiger partial charge >= 0.3 is 0 Å². The monoisotopic (exact) mass is 301 g/mol. The summed E-state index contributed by atoms with van der Waals surface area (Å²) in [6.45, 7) is 5.87. The number of nitrogens with zero attached hydrogens (tertiary/aromatic N) is 3. The fourth-order valence-electron chi connectivity index (χ4n) is 2.53. The Hall–Kier alpha value is -2.30. The van der Waals surface area contributed by atoms with Crippen molar-refractivity contribution in [3.05, 3.63) is 59.4 Å². The van der Waals surface area contributed by atoms with Crippen molar-refractivity contribution in [3.8, 4) is 0 Å². The maximum absolute atomic E-state index is 13.1. The van der Waals surface area contributed by atoms with Gasteiger partial charge in [-0.05, 0) is 30.5 Å². The molecule has 0 saturated heterocycles. The Balaban J connectivity index is 2.29. The van der Waals surface area contributed by atoms with E-state index in [0.29, 0.717) is 5.69 Å². The average molecular weight is 301 g/mol. The van der Waals surface area contributed by atoms with Crippen molar-refractivity contribution in [1.29, 1.82) is 0 Å². The molecule has 1 aromatic heterocycles. The van der Waals surface area contributed by atoms with Gasteiger partial charge in [0.05, 0.1) is 17.9 Å². The number of amides is 1. The second-order valence-corrected chi connectivity index (χ2v) is 5.70. The molecule has 22 heavy (non-hydrogen) atoms. The van der Waals surface area contributed by atoms with Crippen LogP contribution < -0.4 is 0 Å². The number of aromatic nitrogens is 2. The standard InChI is InChI=1S/C17H20FN3O/c1-11(2)16(13-5-7-14(18)8-6-13)21(4)17(22)15-10-19-12(3)9-20-15/h5-11,16H,1-4H3. The molecule has 0 aliphatic rings. The zero-order chi connectivity index (χ0) is 16.3. The summed E-state index contributed by atoms with van der Waals surface area (Å²) in [7, 11) is 1.73. The number of rotatable bonds is 4. The predicted molar refractivity (Wildman–Crippen MR) is 82.8 cm³/mol. The molecule has 4 nitrogen and oxygen atoms in total. The summed E-state index contributed by atoms with van der Waals surface area (Å²) in [5, 5.41) is 0. The van der Waals surface area contributed by atoms with Crippen LogP contribution in [-0.2, 0) is 0 Å². The summed E-state index contributed by atoms with van der Waals surface area (Å²) in [6.07, 6.45) is 3.06. The Kier molecular flexibility index (Phi) is 4.85. The maximum Gasteiger partial charge on any atom is 0.274 e. The van der Waals surface area contributed by atoms with Crippen molar-refractivity contribution in [2.24, 2.45) is 5.92 Å². The lowest BCUT2D eigenvalue weighted by molar-refractivity contribution is 0.0680. The first kappa shape index (κ1) is 16.1. The van der Waals surface area contributed by atoms with Crippen LogP contribution in [0.2, 0.25) is 0 Å². The van der Waals surface area contributed by atoms with Gasteiger partial charge in [-0.2, -0.15) is 0 Å². The topological polar surface area (TPSA) is 46.1 Å². The van der Waals surface area contributed by atoms with Crippen LogP contribution in [-0.4, -0.2) is 27.8 Å². The normalized spacial score (nSPS) is 12.3. The van der Waals surface area contributed by atoms with Gasteiger partial charge in [0, 0.05) is 13.2 Å². The SMILES string of the molecule is Cc1cnc(C(=O)N(C)C(c2ccc(F)cc2)C(C)C)cn1. The molecule has 0 saturated carbocycles. The minimum atomic E-state index is -0.287. The van der Waals surface area contributed by atoms with Crippen molar-refractivity contribution >= 4 is 5.91 Å². The van der Waals surface area contributed by atoms with E-state index >= 15 is 0 Å². The molecule has 0 bridgehead atoms. The molecule has 1 atom stereocenters. The van der Waals surface area contributed by atoms with E-state index in [4.69, 9.17) is 0 Å². The molecule has 1 aromatic carbocycles. The molecule has 0 aliphatic carbocycles. The minimum Gasteiger partial charge on any atom is -0.333 e. The molecule has 1 amide bonds. The highest BCUT2D eigenvalue weighted by Gasteiger charge is 2.26. The van der Waals surface area contributed by atoms with E-state index in [-0.39, 0.29) is 23.7 Å². The van der Waals surface area contributed by atoms with Crippen molar-refractivity contribution in [3.63, 3.8) is 0 Å². The molecular formula is C17H20FN3O. The summed E-state index contributed by atoms with van der Waals surface area (Å²) in [4.78, 5) is 22.5. The van der Waals surface area contributed by atoms with E-state index in [1.54, 1.807) is 30.3 Å². The summed E-state index contributed by atoms with van der Waals surface area (Å²) in [5.74, 6) is -0.307. The van der Waals surface area contributed by atoms with E-state index in [2.05, 4.69) is 9.97 Å². The number of benzene rings is 1. The van der Waals surface area contributed by atoms with Crippen molar-refractivity contribution < 1.29 is 9.18 Å². The zero-order valence-electron chi connectivity index (χ0n) is 13.2. The molecule has 1 heterocycles. The maximum atomic E-state index is 13.1. The van der Waals surface area contributed by atoms with Crippen LogP contribution >= 0.6 is 0 Å². The van der Waals surface area contributed by atoms with Crippen molar-refractivity contribution in [1.82, 2.24) is 14.9 Å². The van der Waals surface area contributed by atoms with Gasteiger partial charge in [0.25, 0.3) is 5.91 Å². The van der Waals surface area contributed by atoms with E-state index in [1.165, 1.54) is 18.3 Å². The van der Waals surface area contributed by atoms with Crippen LogP contribution in [0.15, 0.2) is 36.7 Å². The van der Waals surface area contributed by atoms with Gasteiger partial charge in [0.15, 0.2) is 0 Å². The fourth-order valence-corrected chi connectivity index (χ4v) is 2.53. The van der Waals surface area contributed by atoms with Crippen LogP contribution in [0.5, 0.6) is 0 Å². The van der Waals surface area contributed by atoms with E-state index in [1.807, 2.05) is 20.8 Å². The lowest BCUT2D eigenvalue weighted by Crippen LogP contribution is -2.34. The lowest BCUT2D eigenvalue weighted by Gasteiger charge is -2.31. The highest BCUT2D eigenvalue weighted by atomic mass is 19.1. The number of hydrogen-bond donors (Lipinski definition) is 0. The van der Waals surface area contributed by atoms with Gasteiger partial charge in [-0.3, -0.25) is 9.78 Å². The number of aryl methyl sites for hydroxylation is 1. The average Bonchev–Trinajstić information content (AvgIpc) is 2.49. The first-order valence-electron chi connectivity index (χ1n) is 7.21. The molecule has 116 valence electrons. The van der Waals surface area contributed by atoms with Crippen LogP contribution in [0.25, 0.3) is 0 Å². The minimum absolute atomic E-state index is 0.156. The number of carbonyl (C=O) groups excluding carboxylic acids is 1. The largest absolute Gasteiger partial charge is 0.333 e. The number of halogens is 1. The Labute approximate surface area is 130 Å². The van der Waals surface area contributed by atoms with Crippen molar-refractivity contribution in [2.45, 2.75) is 26.8 Å². The summed E-state index contributed by atoms with van der Waals surface area (Å²) < 4.78 is 13.1. The molecule has 0 N–H and O–H groups in total. The van der Waals surface area contributed by atoms with Gasteiger partial charge in [0.1, 0.15) is 11.5 Å². The summed E-state index contributed by atoms with van der Waals surface area (Å²) in [6, 6.07) is 6.09. The molecule has 1 unspecified atom stereocenters. The second kappa shape index (κ2) is 6.64. The number of carbonyl (C=O) groups is 1. The molecule has 0 fully saturated rings. The van der Waals surface area contributed by atoms with Crippen LogP contribution in [0.1, 0.15) is 41.6 Å². The summed E-state index contributed by atoms with van der Waals surface area (Å²) in [5.41, 5.74) is 1.96. The fraction of sp³-hybridized carbons (Fsp3) is 0.353. The highest BCUT2D eigenvalue weighted by Crippen LogP contribution is 2.28. The van der Waals surface area contributed by atoms with Gasteiger partial charge in [-0.15, -0.1) is 0 Å². The van der Waals surface area contributed by atoms with E-state index in [9.17, 15) is 9.18 Å². The molecule has 0 spiro atoms. The van der Waals surface area contributed by atoms with Crippen LogP contribution in [0, 0.1) is 18.7 Å². The van der Waals surface area contributed by atoms with Gasteiger partial charge in [-0.25, -0.2) is 9.37 Å². The van der Waals surface area contributed by atoms with Gasteiger partial charge < -0.3 is 4.90 Å². The Bertz CT molecular complexity index is 638. The molecule has 2 rings (SSSR count). The third kappa shape index (κ3) is 3.47. The van der Waals surface area contributed by atoms with Crippen LogP contribution in [0.3, 0.4) is 0 Å². The quantitative estimate of drug-likeness (QED) is 0.869. The van der Waals surface area contributed by atoms with Gasteiger partial charge in [-0.1, -0.05) is 26.0 Å². The first-order chi connectivity index (χ1) is 10.4. The van der Waals surface area contributed by atoms with E-state index < -0.39 is 0 Å². The third-order valence-electron chi connectivity index (χ3n) is 3.58. The number of hydrogen-bond acceptors (Lipinski definition) is 3.